The summed E-state index contributed by atoms with van der Waals surface area (Å²) in [5.74, 6) is 0.802. The minimum Gasteiger partial charge on any atom is -0.495 e. The van der Waals surface area contributed by atoms with Crippen LogP contribution in [0.15, 0.2) is 18.2 Å². The fourth-order valence-electron chi connectivity index (χ4n) is 3.78. The molecule has 0 saturated carbocycles. The van der Waals surface area contributed by atoms with E-state index in [1.54, 1.807) is 7.11 Å². The van der Waals surface area contributed by atoms with Crippen LogP contribution in [0.3, 0.4) is 0 Å². The molecule has 2 heterocycles. The highest BCUT2D eigenvalue weighted by atomic mass is 16.5. The molecule has 0 spiro atoms. The summed E-state index contributed by atoms with van der Waals surface area (Å²) in [5.41, 5.74) is 7.94. The molecule has 2 bridgehead atoms. The first kappa shape index (κ1) is 13.3. The largest absolute Gasteiger partial charge is 0.495 e. The van der Waals surface area contributed by atoms with Crippen molar-refractivity contribution in [3.05, 3.63) is 23.8 Å². The van der Waals surface area contributed by atoms with E-state index >= 15 is 0 Å². The Morgan fingerprint density at radius 3 is 2.60 bits per heavy atom. The smallest absolute Gasteiger partial charge is 0.143 e. The fourth-order valence-corrected chi connectivity index (χ4v) is 3.78. The van der Waals surface area contributed by atoms with Gasteiger partial charge in [0.15, 0.2) is 0 Å². The highest BCUT2D eigenvalue weighted by molar-refractivity contribution is 5.63. The monoisotopic (exact) mass is 271 g/mol. The molecular weight excluding hydrogens is 250 g/mol. The van der Waals surface area contributed by atoms with Gasteiger partial charge in [0, 0.05) is 24.2 Å². The molecule has 2 aliphatic rings. The normalized spacial score (nSPS) is 28.9. The van der Waals surface area contributed by atoms with E-state index in [4.69, 9.17) is 15.7 Å². The van der Waals surface area contributed by atoms with Gasteiger partial charge in [0.2, 0.25) is 0 Å². The molecule has 0 radical (unpaired) electrons. The molecule has 1 aromatic carbocycles. The maximum Gasteiger partial charge on any atom is 0.143 e. The summed E-state index contributed by atoms with van der Waals surface area (Å²) in [6, 6.07) is 9.26. The number of methoxy groups -OCH3 is 1. The number of benzene rings is 1. The van der Waals surface area contributed by atoms with Gasteiger partial charge in [-0.1, -0.05) is 0 Å². The number of hydrogen-bond acceptors (Lipinski definition) is 4. The summed E-state index contributed by atoms with van der Waals surface area (Å²) < 4.78 is 5.51. The Kier molecular flexibility index (Phi) is 3.54. The lowest BCUT2D eigenvalue weighted by Gasteiger charge is -2.49. The SMILES string of the molecule is COc1cc(C#N)ccc1N1C2CCCC1CC(N)C2. The third-order valence-electron chi connectivity index (χ3n) is 4.60. The zero-order valence-corrected chi connectivity index (χ0v) is 11.9. The van der Waals surface area contributed by atoms with Crippen molar-refractivity contribution in [3.63, 3.8) is 0 Å². The second-order valence-corrected chi connectivity index (χ2v) is 5.88. The zero-order valence-electron chi connectivity index (χ0n) is 11.9. The van der Waals surface area contributed by atoms with E-state index in [2.05, 4.69) is 11.0 Å². The van der Waals surface area contributed by atoms with Gasteiger partial charge in [0.1, 0.15) is 5.75 Å². The molecule has 0 aromatic heterocycles. The Labute approximate surface area is 120 Å². The lowest BCUT2D eigenvalue weighted by atomic mass is 9.81. The average Bonchev–Trinajstić information content (AvgIpc) is 2.45. The third-order valence-corrected chi connectivity index (χ3v) is 4.60. The van der Waals surface area contributed by atoms with Crippen LogP contribution in [0.2, 0.25) is 0 Å². The van der Waals surface area contributed by atoms with Crippen molar-refractivity contribution in [1.29, 1.82) is 5.26 Å². The molecule has 2 fully saturated rings. The molecule has 106 valence electrons. The van der Waals surface area contributed by atoms with Gasteiger partial charge in [-0.25, -0.2) is 0 Å². The highest BCUT2D eigenvalue weighted by Crippen LogP contribution is 2.41. The van der Waals surface area contributed by atoms with Gasteiger partial charge in [-0.05, 0) is 44.2 Å². The molecule has 0 amide bonds. The van der Waals surface area contributed by atoms with E-state index in [1.807, 2.05) is 18.2 Å². The summed E-state index contributed by atoms with van der Waals surface area (Å²) in [5, 5.41) is 9.02. The van der Waals surface area contributed by atoms with Crippen molar-refractivity contribution in [2.75, 3.05) is 12.0 Å². The maximum absolute atomic E-state index is 9.02. The topological polar surface area (TPSA) is 62.3 Å². The Morgan fingerprint density at radius 2 is 2.00 bits per heavy atom. The minimum absolute atomic E-state index is 0.325. The minimum atomic E-state index is 0.325. The molecule has 3 rings (SSSR count). The molecule has 2 atom stereocenters. The van der Waals surface area contributed by atoms with E-state index in [9.17, 15) is 0 Å². The number of piperidine rings is 2. The van der Waals surface area contributed by atoms with Crippen molar-refractivity contribution in [2.45, 2.75) is 50.2 Å². The lowest BCUT2D eigenvalue weighted by Crippen LogP contribution is -2.55. The van der Waals surface area contributed by atoms with Crippen LogP contribution in [0, 0.1) is 11.3 Å². The maximum atomic E-state index is 9.02. The number of rotatable bonds is 2. The summed E-state index contributed by atoms with van der Waals surface area (Å²) in [7, 11) is 1.67. The fraction of sp³-hybridized carbons (Fsp3) is 0.562. The van der Waals surface area contributed by atoms with E-state index in [0.29, 0.717) is 23.7 Å². The van der Waals surface area contributed by atoms with Crippen molar-refractivity contribution < 1.29 is 4.74 Å². The number of nitrogens with two attached hydrogens (primary N) is 1. The lowest BCUT2D eigenvalue weighted by molar-refractivity contribution is 0.268. The standard InChI is InChI=1S/C16H21N3O/c1-20-16-7-11(10-17)5-6-15(16)19-13-3-2-4-14(19)9-12(18)8-13/h5-7,12-14H,2-4,8-9,18H2,1H3. The number of anilines is 1. The summed E-state index contributed by atoms with van der Waals surface area (Å²) in [4.78, 5) is 2.49. The van der Waals surface area contributed by atoms with Gasteiger partial charge >= 0.3 is 0 Å². The van der Waals surface area contributed by atoms with Crippen LogP contribution in [0.4, 0.5) is 5.69 Å². The number of fused-ring (bicyclic) bond motifs is 2. The van der Waals surface area contributed by atoms with E-state index in [0.717, 1.165) is 24.3 Å². The van der Waals surface area contributed by atoms with Crippen LogP contribution in [-0.4, -0.2) is 25.2 Å². The highest BCUT2D eigenvalue weighted by Gasteiger charge is 2.38. The number of nitriles is 1. The van der Waals surface area contributed by atoms with Crippen molar-refractivity contribution in [2.24, 2.45) is 5.73 Å². The van der Waals surface area contributed by atoms with Crippen LogP contribution >= 0.6 is 0 Å². The van der Waals surface area contributed by atoms with E-state index < -0.39 is 0 Å². The third kappa shape index (κ3) is 2.23. The Morgan fingerprint density at radius 1 is 1.30 bits per heavy atom. The summed E-state index contributed by atoms with van der Waals surface area (Å²) in [6.45, 7) is 0. The number of ether oxygens (including phenoxy) is 1. The van der Waals surface area contributed by atoms with Gasteiger partial charge in [0.05, 0.1) is 24.4 Å². The first-order chi connectivity index (χ1) is 9.72. The van der Waals surface area contributed by atoms with Crippen molar-refractivity contribution in [3.8, 4) is 11.8 Å². The molecule has 2 N–H and O–H groups in total. The first-order valence-corrected chi connectivity index (χ1v) is 7.35. The van der Waals surface area contributed by atoms with Crippen LogP contribution in [0.25, 0.3) is 0 Å². The molecular formula is C16H21N3O. The Hall–Kier alpha value is -1.73. The van der Waals surface area contributed by atoms with Gasteiger partial charge in [-0.2, -0.15) is 5.26 Å². The van der Waals surface area contributed by atoms with Gasteiger partial charge < -0.3 is 15.4 Å². The molecule has 2 unspecified atom stereocenters. The Balaban J connectivity index is 1.98. The predicted octanol–water partition coefficient (Wildman–Crippen LogP) is 2.42. The molecule has 4 heteroatoms. The molecule has 1 aromatic rings. The number of hydrogen-bond donors (Lipinski definition) is 1. The quantitative estimate of drug-likeness (QED) is 0.897. The molecule has 0 aliphatic carbocycles. The predicted molar refractivity (Wildman–Crippen MR) is 78.8 cm³/mol. The molecule has 2 saturated heterocycles. The summed E-state index contributed by atoms with van der Waals surface area (Å²) in [6.07, 6.45) is 5.80. The second-order valence-electron chi connectivity index (χ2n) is 5.88. The molecule has 2 aliphatic heterocycles. The van der Waals surface area contributed by atoms with E-state index in [-0.39, 0.29) is 0 Å². The van der Waals surface area contributed by atoms with Crippen molar-refractivity contribution >= 4 is 5.69 Å². The molecule has 4 nitrogen and oxygen atoms in total. The zero-order chi connectivity index (χ0) is 14.1. The first-order valence-electron chi connectivity index (χ1n) is 7.35. The van der Waals surface area contributed by atoms with Crippen LogP contribution < -0.4 is 15.4 Å². The molecule has 20 heavy (non-hydrogen) atoms. The average molecular weight is 271 g/mol. The van der Waals surface area contributed by atoms with Crippen LogP contribution in [0.1, 0.15) is 37.7 Å². The van der Waals surface area contributed by atoms with Gasteiger partial charge in [-0.3, -0.25) is 0 Å². The van der Waals surface area contributed by atoms with Gasteiger partial charge in [0.25, 0.3) is 0 Å². The van der Waals surface area contributed by atoms with Gasteiger partial charge in [-0.15, -0.1) is 0 Å². The van der Waals surface area contributed by atoms with Crippen LogP contribution in [-0.2, 0) is 0 Å². The summed E-state index contributed by atoms with van der Waals surface area (Å²) >= 11 is 0. The van der Waals surface area contributed by atoms with Crippen molar-refractivity contribution in [1.82, 2.24) is 0 Å². The van der Waals surface area contributed by atoms with E-state index in [1.165, 1.54) is 19.3 Å². The second kappa shape index (κ2) is 5.34. The Bertz CT molecular complexity index is 523. The number of nitrogens with zero attached hydrogens (tertiary/aromatic N) is 2. The van der Waals surface area contributed by atoms with Crippen LogP contribution in [0.5, 0.6) is 5.75 Å².